The Balaban J connectivity index is 1.39. The number of nitrogens with zero attached hydrogens (tertiary/aromatic N) is 5. The summed E-state index contributed by atoms with van der Waals surface area (Å²) in [4.78, 5) is 4.22. The van der Waals surface area contributed by atoms with Crippen LogP contribution in [0, 0.1) is 22.7 Å². The second-order valence-corrected chi connectivity index (χ2v) is 12.3. The summed E-state index contributed by atoms with van der Waals surface area (Å²) in [5.41, 5.74) is 2.43. The summed E-state index contributed by atoms with van der Waals surface area (Å²) >= 11 is 0. The van der Waals surface area contributed by atoms with E-state index in [-0.39, 0.29) is 36.8 Å². The Bertz CT molecular complexity index is 1620. The molecule has 0 amide bonds. The Labute approximate surface area is 208 Å². The van der Waals surface area contributed by atoms with Gasteiger partial charge in [0, 0.05) is 24.8 Å². The number of ether oxygens (including phenoxy) is 1. The number of nitriles is 2. The molecule has 0 atom stereocenters. The first-order valence-electron chi connectivity index (χ1n) is 10.9. The minimum atomic E-state index is -3.91. The van der Waals surface area contributed by atoms with Crippen molar-refractivity contribution in [2.75, 3.05) is 30.5 Å². The molecule has 5 rings (SSSR count). The standard InChI is InChI=1S/C24H19N5O5S2/c25-11-17-1-5-19(6-2-17)22-13-27-14-23-24(22)34-10-9-29(23)36(32,33)21-15-28(16-21)35(30,31)20-7-3-18(12-26)4-8-20/h1-8,13-14,21H,9-10,15-16H2. The highest BCUT2D eigenvalue weighted by molar-refractivity contribution is 7.94. The molecular weight excluding hydrogens is 502 g/mol. The maximum atomic E-state index is 13.5. The number of anilines is 1. The molecule has 1 fully saturated rings. The highest BCUT2D eigenvalue weighted by atomic mass is 32.2. The van der Waals surface area contributed by atoms with Crippen LogP contribution in [-0.4, -0.2) is 57.6 Å². The van der Waals surface area contributed by atoms with Crippen LogP contribution in [0.3, 0.4) is 0 Å². The van der Waals surface area contributed by atoms with Gasteiger partial charge in [0.15, 0.2) is 5.75 Å². The summed E-state index contributed by atoms with van der Waals surface area (Å²) in [6.45, 7) is -0.160. The molecule has 2 aliphatic rings. The maximum absolute atomic E-state index is 13.5. The number of hydrogen-bond acceptors (Lipinski definition) is 8. The van der Waals surface area contributed by atoms with Crippen LogP contribution in [0.25, 0.3) is 11.1 Å². The topological polar surface area (TPSA) is 144 Å². The van der Waals surface area contributed by atoms with E-state index < -0.39 is 25.3 Å². The molecule has 0 saturated carbocycles. The third-order valence-electron chi connectivity index (χ3n) is 6.18. The summed E-state index contributed by atoms with van der Waals surface area (Å²) < 4.78 is 61.0. The molecule has 0 unspecified atom stereocenters. The van der Waals surface area contributed by atoms with Crippen molar-refractivity contribution < 1.29 is 21.6 Å². The molecule has 2 aliphatic heterocycles. The van der Waals surface area contributed by atoms with E-state index in [4.69, 9.17) is 15.3 Å². The lowest BCUT2D eigenvalue weighted by Gasteiger charge is -2.41. The Hall–Kier alpha value is -3.97. The molecule has 36 heavy (non-hydrogen) atoms. The molecule has 0 radical (unpaired) electrons. The number of hydrogen-bond donors (Lipinski definition) is 0. The number of benzene rings is 2. The van der Waals surface area contributed by atoms with Gasteiger partial charge < -0.3 is 4.74 Å². The van der Waals surface area contributed by atoms with Gasteiger partial charge in [-0.15, -0.1) is 0 Å². The molecule has 0 bridgehead atoms. The number of sulfonamides is 2. The second kappa shape index (κ2) is 8.91. The average molecular weight is 522 g/mol. The van der Waals surface area contributed by atoms with Crippen LogP contribution >= 0.6 is 0 Å². The van der Waals surface area contributed by atoms with Crippen molar-refractivity contribution in [3.05, 3.63) is 72.1 Å². The molecule has 1 saturated heterocycles. The predicted octanol–water partition coefficient (Wildman–Crippen LogP) is 2.09. The molecule has 0 N–H and O–H groups in total. The van der Waals surface area contributed by atoms with E-state index in [1.54, 1.807) is 30.5 Å². The van der Waals surface area contributed by atoms with Crippen molar-refractivity contribution in [1.29, 1.82) is 10.5 Å². The first-order valence-corrected chi connectivity index (χ1v) is 13.8. The smallest absolute Gasteiger partial charge is 0.243 e. The fourth-order valence-corrected chi connectivity index (χ4v) is 7.68. The zero-order valence-electron chi connectivity index (χ0n) is 18.8. The molecule has 1 aromatic heterocycles. The zero-order valence-corrected chi connectivity index (χ0v) is 20.4. The van der Waals surface area contributed by atoms with Crippen molar-refractivity contribution in [2.24, 2.45) is 0 Å². The van der Waals surface area contributed by atoms with Gasteiger partial charge in [0.05, 0.1) is 40.9 Å². The molecule has 182 valence electrons. The Morgan fingerprint density at radius 2 is 1.50 bits per heavy atom. The van der Waals surface area contributed by atoms with Gasteiger partial charge >= 0.3 is 0 Å². The minimum absolute atomic E-state index is 0.00493. The average Bonchev–Trinajstić information content (AvgIpc) is 2.86. The van der Waals surface area contributed by atoms with Gasteiger partial charge in [-0.3, -0.25) is 9.29 Å². The van der Waals surface area contributed by atoms with Crippen molar-refractivity contribution in [2.45, 2.75) is 10.1 Å². The van der Waals surface area contributed by atoms with Crippen molar-refractivity contribution in [1.82, 2.24) is 9.29 Å². The van der Waals surface area contributed by atoms with Gasteiger partial charge in [0.25, 0.3) is 0 Å². The zero-order chi connectivity index (χ0) is 25.5. The third-order valence-corrected chi connectivity index (χ3v) is 10.2. The van der Waals surface area contributed by atoms with Crippen LogP contribution in [-0.2, 0) is 20.0 Å². The van der Waals surface area contributed by atoms with E-state index in [1.165, 1.54) is 34.8 Å². The Kier molecular flexibility index (Phi) is 5.88. The normalized spacial score (nSPS) is 16.2. The molecule has 10 nitrogen and oxygen atoms in total. The first kappa shape index (κ1) is 23.8. The van der Waals surface area contributed by atoms with Crippen LogP contribution in [0.2, 0.25) is 0 Å². The molecule has 0 aliphatic carbocycles. The molecule has 0 spiro atoms. The monoisotopic (exact) mass is 521 g/mol. The van der Waals surface area contributed by atoms with Crippen LogP contribution < -0.4 is 9.04 Å². The largest absolute Gasteiger partial charge is 0.489 e. The van der Waals surface area contributed by atoms with Gasteiger partial charge in [-0.1, -0.05) is 12.1 Å². The molecular formula is C24H19N5O5S2. The van der Waals surface area contributed by atoms with Crippen LogP contribution in [0.4, 0.5) is 5.69 Å². The van der Waals surface area contributed by atoms with E-state index in [0.29, 0.717) is 22.4 Å². The molecule has 3 heterocycles. The van der Waals surface area contributed by atoms with E-state index in [0.717, 1.165) is 9.87 Å². The van der Waals surface area contributed by atoms with Gasteiger partial charge in [-0.2, -0.15) is 14.8 Å². The summed E-state index contributed by atoms with van der Waals surface area (Å²) in [6, 6.07) is 16.3. The van der Waals surface area contributed by atoms with E-state index in [9.17, 15) is 16.8 Å². The number of pyridine rings is 1. The van der Waals surface area contributed by atoms with Gasteiger partial charge in [0.1, 0.15) is 17.5 Å². The molecule has 2 aromatic carbocycles. The van der Waals surface area contributed by atoms with Gasteiger partial charge in [0.2, 0.25) is 20.0 Å². The second-order valence-electron chi connectivity index (χ2n) is 8.27. The Morgan fingerprint density at radius 3 is 2.11 bits per heavy atom. The maximum Gasteiger partial charge on any atom is 0.243 e. The molecule has 12 heteroatoms. The van der Waals surface area contributed by atoms with E-state index in [2.05, 4.69) is 11.1 Å². The Morgan fingerprint density at radius 1 is 0.889 bits per heavy atom. The van der Waals surface area contributed by atoms with Crippen LogP contribution in [0.5, 0.6) is 5.75 Å². The SMILES string of the molecule is N#Cc1ccc(-c2cncc3c2OCCN3S(=O)(=O)C2CN(S(=O)(=O)c3ccc(C#N)cc3)C2)cc1. The van der Waals surface area contributed by atoms with Crippen molar-refractivity contribution in [3.63, 3.8) is 0 Å². The lowest BCUT2D eigenvalue weighted by atomic mass is 10.0. The first-order chi connectivity index (χ1) is 17.3. The number of aromatic nitrogens is 1. The summed E-state index contributed by atoms with van der Waals surface area (Å²) in [7, 11) is -7.79. The number of rotatable bonds is 5. The summed E-state index contributed by atoms with van der Waals surface area (Å²) in [6.07, 6.45) is 2.99. The summed E-state index contributed by atoms with van der Waals surface area (Å²) in [5, 5.41) is 17.0. The van der Waals surface area contributed by atoms with Crippen LogP contribution in [0.1, 0.15) is 11.1 Å². The van der Waals surface area contributed by atoms with Crippen LogP contribution in [0.15, 0.2) is 65.8 Å². The minimum Gasteiger partial charge on any atom is -0.489 e. The highest BCUT2D eigenvalue weighted by Gasteiger charge is 2.47. The predicted molar refractivity (Wildman–Crippen MR) is 130 cm³/mol. The molecule has 3 aromatic rings. The fraction of sp³-hybridized carbons (Fsp3) is 0.208. The summed E-state index contributed by atoms with van der Waals surface area (Å²) in [5.74, 6) is 0.367. The van der Waals surface area contributed by atoms with Crippen molar-refractivity contribution in [3.8, 4) is 29.0 Å². The number of fused-ring (bicyclic) bond motifs is 1. The van der Waals surface area contributed by atoms with Gasteiger partial charge in [-0.05, 0) is 42.0 Å². The lowest BCUT2D eigenvalue weighted by Crippen LogP contribution is -2.60. The lowest BCUT2D eigenvalue weighted by molar-refractivity contribution is 0.301. The van der Waals surface area contributed by atoms with Gasteiger partial charge in [-0.25, -0.2) is 16.8 Å². The third kappa shape index (κ3) is 3.95. The highest BCUT2D eigenvalue weighted by Crippen LogP contribution is 2.42. The van der Waals surface area contributed by atoms with E-state index in [1.807, 2.05) is 6.07 Å². The van der Waals surface area contributed by atoms with Crippen molar-refractivity contribution >= 4 is 25.7 Å². The van der Waals surface area contributed by atoms with E-state index >= 15 is 0 Å². The fourth-order valence-electron chi connectivity index (χ4n) is 4.13. The quantitative estimate of drug-likeness (QED) is 0.496.